The number of likely N-dealkylation sites (tertiary alicyclic amines) is 1. The third-order valence-electron chi connectivity index (χ3n) is 5.18. The molecule has 0 saturated carbocycles. The van der Waals surface area contributed by atoms with Gasteiger partial charge in [-0.2, -0.15) is 0 Å². The van der Waals surface area contributed by atoms with Crippen molar-refractivity contribution in [1.29, 1.82) is 0 Å². The van der Waals surface area contributed by atoms with E-state index < -0.39 is 0 Å². The molecule has 112 valence electrons. The van der Waals surface area contributed by atoms with Crippen molar-refractivity contribution in [2.24, 2.45) is 5.92 Å². The smallest absolute Gasteiger partial charge is 0.0125 e. The molecule has 3 heteroatoms. The van der Waals surface area contributed by atoms with Crippen LogP contribution in [0.2, 0.25) is 0 Å². The molecule has 2 saturated heterocycles. The van der Waals surface area contributed by atoms with Crippen molar-refractivity contribution in [3.05, 3.63) is 0 Å². The zero-order valence-corrected chi connectivity index (χ0v) is 13.4. The Morgan fingerprint density at radius 3 is 2.68 bits per heavy atom. The van der Waals surface area contributed by atoms with Crippen LogP contribution in [-0.2, 0) is 0 Å². The molecule has 2 aliphatic heterocycles. The van der Waals surface area contributed by atoms with E-state index in [-0.39, 0.29) is 0 Å². The van der Waals surface area contributed by atoms with Gasteiger partial charge in [0, 0.05) is 24.7 Å². The first kappa shape index (κ1) is 15.3. The fraction of sp³-hybridized carbons (Fsp3) is 1.00. The van der Waals surface area contributed by atoms with Crippen molar-refractivity contribution in [2.75, 3.05) is 33.2 Å². The number of hydrogen-bond donors (Lipinski definition) is 1. The molecule has 0 aromatic carbocycles. The van der Waals surface area contributed by atoms with Gasteiger partial charge in [0.25, 0.3) is 0 Å². The third-order valence-corrected chi connectivity index (χ3v) is 5.18. The predicted octanol–water partition coefficient (Wildman–Crippen LogP) is 2.18. The lowest BCUT2D eigenvalue weighted by Crippen LogP contribution is -2.52. The summed E-state index contributed by atoms with van der Waals surface area (Å²) in [6.45, 7) is 12.1. The molecule has 1 N–H and O–H groups in total. The van der Waals surface area contributed by atoms with Gasteiger partial charge in [-0.1, -0.05) is 0 Å². The highest BCUT2D eigenvalue weighted by atomic mass is 15.2. The van der Waals surface area contributed by atoms with Gasteiger partial charge < -0.3 is 10.2 Å². The second kappa shape index (κ2) is 7.05. The molecule has 2 aliphatic rings. The first-order valence-electron chi connectivity index (χ1n) is 8.24. The van der Waals surface area contributed by atoms with Crippen molar-refractivity contribution < 1.29 is 0 Å². The second-order valence-corrected chi connectivity index (χ2v) is 7.01. The number of nitrogens with zero attached hydrogens (tertiary/aromatic N) is 2. The minimum absolute atomic E-state index is 0.683. The number of rotatable bonds is 4. The van der Waals surface area contributed by atoms with Gasteiger partial charge in [-0.3, -0.25) is 4.90 Å². The molecule has 0 bridgehead atoms. The van der Waals surface area contributed by atoms with Gasteiger partial charge in [-0.25, -0.2) is 0 Å². The second-order valence-electron chi connectivity index (χ2n) is 7.01. The van der Waals surface area contributed by atoms with Crippen LogP contribution in [-0.4, -0.2) is 61.2 Å². The van der Waals surface area contributed by atoms with E-state index in [1.54, 1.807) is 0 Å². The van der Waals surface area contributed by atoms with E-state index in [9.17, 15) is 0 Å². The topological polar surface area (TPSA) is 18.5 Å². The summed E-state index contributed by atoms with van der Waals surface area (Å²) < 4.78 is 0. The standard InChI is InChI=1S/C16H33N3/c1-13(2)19(12-15-6-5-8-17-11-15)16-7-9-18(4)14(3)10-16/h13-17H,5-12H2,1-4H3. The Morgan fingerprint density at radius 2 is 2.11 bits per heavy atom. The Kier molecular flexibility index (Phi) is 5.67. The average Bonchev–Trinajstić information content (AvgIpc) is 2.40. The molecule has 3 unspecified atom stereocenters. The van der Waals surface area contributed by atoms with Crippen molar-refractivity contribution >= 4 is 0 Å². The highest BCUT2D eigenvalue weighted by Crippen LogP contribution is 2.24. The Labute approximate surface area is 119 Å². The lowest BCUT2D eigenvalue weighted by atomic mass is 9.93. The summed E-state index contributed by atoms with van der Waals surface area (Å²) in [7, 11) is 2.27. The molecule has 2 rings (SSSR count). The van der Waals surface area contributed by atoms with E-state index in [1.165, 1.54) is 51.9 Å². The molecule has 3 nitrogen and oxygen atoms in total. The van der Waals surface area contributed by atoms with Gasteiger partial charge in [-0.15, -0.1) is 0 Å². The average molecular weight is 267 g/mol. The van der Waals surface area contributed by atoms with Gasteiger partial charge in [-0.05, 0) is 79.1 Å². The molecule has 3 atom stereocenters. The highest BCUT2D eigenvalue weighted by molar-refractivity contribution is 4.86. The Balaban J connectivity index is 1.91. The maximum absolute atomic E-state index is 3.56. The molecule has 0 aromatic heterocycles. The summed E-state index contributed by atoms with van der Waals surface area (Å²) in [6.07, 6.45) is 5.47. The Morgan fingerprint density at radius 1 is 1.32 bits per heavy atom. The van der Waals surface area contributed by atoms with Crippen LogP contribution in [0, 0.1) is 5.92 Å². The zero-order valence-electron chi connectivity index (χ0n) is 13.4. The minimum Gasteiger partial charge on any atom is -0.316 e. The Hall–Kier alpha value is -0.120. The van der Waals surface area contributed by atoms with Crippen molar-refractivity contribution in [1.82, 2.24) is 15.1 Å². The van der Waals surface area contributed by atoms with E-state index in [4.69, 9.17) is 0 Å². The lowest BCUT2D eigenvalue weighted by molar-refractivity contribution is 0.0523. The van der Waals surface area contributed by atoms with Crippen LogP contribution in [0.15, 0.2) is 0 Å². The largest absolute Gasteiger partial charge is 0.316 e. The molecule has 2 heterocycles. The maximum atomic E-state index is 3.56. The number of hydrogen-bond acceptors (Lipinski definition) is 3. The Bertz CT molecular complexity index is 261. The fourth-order valence-corrected chi connectivity index (χ4v) is 3.73. The van der Waals surface area contributed by atoms with Crippen molar-refractivity contribution in [3.63, 3.8) is 0 Å². The molecule has 19 heavy (non-hydrogen) atoms. The summed E-state index contributed by atoms with van der Waals surface area (Å²) in [6, 6.07) is 2.22. The maximum Gasteiger partial charge on any atom is 0.0125 e. The summed E-state index contributed by atoms with van der Waals surface area (Å²) in [5.41, 5.74) is 0. The van der Waals surface area contributed by atoms with Gasteiger partial charge in [0.15, 0.2) is 0 Å². The van der Waals surface area contributed by atoms with Crippen LogP contribution < -0.4 is 5.32 Å². The fourth-order valence-electron chi connectivity index (χ4n) is 3.73. The number of nitrogens with one attached hydrogen (secondary N) is 1. The first-order valence-corrected chi connectivity index (χ1v) is 8.24. The van der Waals surface area contributed by atoms with Gasteiger partial charge in [0.2, 0.25) is 0 Å². The molecule has 0 aromatic rings. The van der Waals surface area contributed by atoms with Crippen molar-refractivity contribution in [2.45, 2.75) is 64.6 Å². The molecule has 2 fully saturated rings. The van der Waals surface area contributed by atoms with E-state index in [2.05, 4.69) is 42.9 Å². The van der Waals surface area contributed by atoms with Crippen molar-refractivity contribution in [3.8, 4) is 0 Å². The zero-order chi connectivity index (χ0) is 13.8. The van der Waals surface area contributed by atoms with Gasteiger partial charge in [0.05, 0.1) is 0 Å². The quantitative estimate of drug-likeness (QED) is 0.842. The lowest BCUT2D eigenvalue weighted by Gasteiger charge is -2.44. The van der Waals surface area contributed by atoms with Crippen LogP contribution in [0.1, 0.15) is 46.5 Å². The SMILES string of the molecule is CC1CC(N(CC2CCCNC2)C(C)C)CCN1C. The first-order chi connectivity index (χ1) is 9.08. The van der Waals surface area contributed by atoms with Gasteiger partial charge in [0.1, 0.15) is 0 Å². The van der Waals surface area contributed by atoms with E-state index >= 15 is 0 Å². The molecule has 0 amide bonds. The molecule has 0 spiro atoms. The van der Waals surface area contributed by atoms with Crippen LogP contribution in [0.4, 0.5) is 0 Å². The summed E-state index contributed by atoms with van der Waals surface area (Å²) in [5, 5.41) is 3.56. The van der Waals surface area contributed by atoms with Crippen LogP contribution in [0.3, 0.4) is 0 Å². The predicted molar refractivity (Wildman–Crippen MR) is 82.5 cm³/mol. The minimum atomic E-state index is 0.683. The highest BCUT2D eigenvalue weighted by Gasteiger charge is 2.30. The summed E-state index contributed by atoms with van der Waals surface area (Å²) in [4.78, 5) is 5.30. The molecular formula is C16H33N3. The molecular weight excluding hydrogens is 234 g/mol. The van der Waals surface area contributed by atoms with Crippen LogP contribution >= 0.6 is 0 Å². The van der Waals surface area contributed by atoms with E-state index in [0.717, 1.165) is 18.0 Å². The molecule has 0 aliphatic carbocycles. The summed E-state index contributed by atoms with van der Waals surface area (Å²) >= 11 is 0. The van der Waals surface area contributed by atoms with Crippen LogP contribution in [0.25, 0.3) is 0 Å². The third kappa shape index (κ3) is 4.17. The van der Waals surface area contributed by atoms with E-state index in [0.29, 0.717) is 6.04 Å². The monoisotopic (exact) mass is 267 g/mol. The summed E-state index contributed by atoms with van der Waals surface area (Å²) in [5.74, 6) is 0.867. The van der Waals surface area contributed by atoms with Gasteiger partial charge >= 0.3 is 0 Å². The number of piperidine rings is 2. The van der Waals surface area contributed by atoms with Crippen LogP contribution in [0.5, 0.6) is 0 Å². The van der Waals surface area contributed by atoms with E-state index in [1.807, 2.05) is 0 Å². The molecule has 0 radical (unpaired) electrons. The normalized spacial score (nSPS) is 34.1.